The molecule has 1 N–H and O–H groups in total. The highest BCUT2D eigenvalue weighted by molar-refractivity contribution is 7.92. The molecule has 0 saturated carbocycles. The van der Waals surface area contributed by atoms with Crippen molar-refractivity contribution in [1.82, 2.24) is 0 Å². The van der Waals surface area contributed by atoms with Crippen molar-refractivity contribution in [2.24, 2.45) is 0 Å². The van der Waals surface area contributed by atoms with E-state index in [-0.39, 0.29) is 19.0 Å². The summed E-state index contributed by atoms with van der Waals surface area (Å²) in [4.78, 5) is 0. The Morgan fingerprint density at radius 3 is 2.38 bits per heavy atom. The third-order valence-electron chi connectivity index (χ3n) is 3.06. The second kappa shape index (κ2) is 7.13. The molecule has 0 atom stereocenters. The molecule has 0 aliphatic carbocycles. The molecular formula is C15H24O5S. The molecule has 21 heavy (non-hydrogen) atoms. The van der Waals surface area contributed by atoms with Crippen molar-refractivity contribution >= 4 is 9.84 Å². The lowest BCUT2D eigenvalue weighted by molar-refractivity contribution is 0.254. The van der Waals surface area contributed by atoms with Crippen LogP contribution in [0.2, 0.25) is 0 Å². The average molecular weight is 316 g/mol. The van der Waals surface area contributed by atoms with Crippen molar-refractivity contribution in [3.8, 4) is 11.5 Å². The van der Waals surface area contributed by atoms with E-state index < -0.39 is 14.6 Å². The van der Waals surface area contributed by atoms with Gasteiger partial charge in [-0.3, -0.25) is 0 Å². The van der Waals surface area contributed by atoms with E-state index in [4.69, 9.17) is 9.47 Å². The lowest BCUT2D eigenvalue weighted by Gasteiger charge is -2.20. The highest BCUT2D eigenvalue weighted by Gasteiger charge is 2.28. The number of hydrogen-bond acceptors (Lipinski definition) is 5. The molecule has 120 valence electrons. The number of sulfone groups is 1. The Balaban J connectivity index is 2.84. The van der Waals surface area contributed by atoms with Gasteiger partial charge in [-0.1, -0.05) is 12.1 Å². The molecule has 5 nitrogen and oxygen atoms in total. The summed E-state index contributed by atoms with van der Waals surface area (Å²) in [7, 11) is -3.24. The molecule has 6 heteroatoms. The van der Waals surface area contributed by atoms with E-state index in [0.717, 1.165) is 0 Å². The van der Waals surface area contributed by atoms with Crippen LogP contribution in [0.15, 0.2) is 18.2 Å². The summed E-state index contributed by atoms with van der Waals surface area (Å²) in [5.74, 6) is 0.838. The van der Waals surface area contributed by atoms with Crippen LogP contribution in [0.1, 0.15) is 33.3 Å². The van der Waals surface area contributed by atoms with Gasteiger partial charge in [0.25, 0.3) is 0 Å². The quantitative estimate of drug-likeness (QED) is 0.834. The third-order valence-corrected chi connectivity index (χ3v) is 5.63. The summed E-state index contributed by atoms with van der Waals surface area (Å²) in [5, 5.41) is 9.35. The van der Waals surface area contributed by atoms with Gasteiger partial charge in [0.1, 0.15) is 6.61 Å². The van der Waals surface area contributed by atoms with E-state index in [0.29, 0.717) is 23.7 Å². The maximum atomic E-state index is 12.0. The first-order chi connectivity index (χ1) is 9.73. The van der Waals surface area contributed by atoms with Gasteiger partial charge in [-0.25, -0.2) is 8.42 Å². The summed E-state index contributed by atoms with van der Waals surface area (Å²) in [6, 6.07) is 5.21. The van der Waals surface area contributed by atoms with Crippen molar-refractivity contribution < 1.29 is 23.0 Å². The number of benzene rings is 1. The molecule has 0 saturated heterocycles. The molecule has 0 spiro atoms. The van der Waals surface area contributed by atoms with Gasteiger partial charge in [-0.15, -0.1) is 0 Å². The largest absolute Gasteiger partial charge is 0.490 e. The maximum Gasteiger partial charge on any atom is 0.166 e. The molecule has 0 bridgehead atoms. The summed E-state index contributed by atoms with van der Waals surface area (Å²) < 4.78 is 34.3. The third kappa shape index (κ3) is 4.61. The molecule has 0 heterocycles. The molecule has 0 unspecified atom stereocenters. The SMILES string of the molecule is CCOc1cccc(CO)c1OCCS(=O)(=O)C(C)(C)C. The molecule has 0 aliphatic heterocycles. The number of rotatable bonds is 7. The van der Waals surface area contributed by atoms with Gasteiger partial charge in [0.05, 0.1) is 23.7 Å². The first kappa shape index (κ1) is 17.8. The van der Waals surface area contributed by atoms with Crippen LogP contribution in [-0.4, -0.2) is 37.2 Å². The summed E-state index contributed by atoms with van der Waals surface area (Å²) in [6.45, 7) is 7.13. The Hall–Kier alpha value is -1.27. The predicted octanol–water partition coefficient (Wildman–Crippen LogP) is 2.17. The van der Waals surface area contributed by atoms with Crippen molar-refractivity contribution in [3.05, 3.63) is 23.8 Å². The summed E-state index contributed by atoms with van der Waals surface area (Å²) in [6.07, 6.45) is 0. The van der Waals surface area contributed by atoms with Crippen LogP contribution in [0.5, 0.6) is 11.5 Å². The zero-order valence-electron chi connectivity index (χ0n) is 13.0. The van der Waals surface area contributed by atoms with Crippen molar-refractivity contribution in [1.29, 1.82) is 0 Å². The Morgan fingerprint density at radius 2 is 1.86 bits per heavy atom. The first-order valence-corrected chi connectivity index (χ1v) is 8.58. The zero-order valence-corrected chi connectivity index (χ0v) is 13.9. The van der Waals surface area contributed by atoms with E-state index in [9.17, 15) is 13.5 Å². The van der Waals surface area contributed by atoms with Crippen LogP contribution in [-0.2, 0) is 16.4 Å². The van der Waals surface area contributed by atoms with Gasteiger partial charge in [0.15, 0.2) is 21.3 Å². The van der Waals surface area contributed by atoms with E-state index in [1.165, 1.54) is 0 Å². The van der Waals surface area contributed by atoms with Gasteiger partial charge in [0.2, 0.25) is 0 Å². The average Bonchev–Trinajstić information content (AvgIpc) is 2.39. The van der Waals surface area contributed by atoms with Crippen LogP contribution in [0.3, 0.4) is 0 Å². The second-order valence-corrected chi connectivity index (χ2v) is 8.48. The molecule has 1 rings (SSSR count). The fourth-order valence-corrected chi connectivity index (χ4v) is 2.59. The fourth-order valence-electron chi connectivity index (χ4n) is 1.68. The molecule has 0 aromatic heterocycles. The number of para-hydroxylation sites is 1. The van der Waals surface area contributed by atoms with Crippen LogP contribution in [0.25, 0.3) is 0 Å². The van der Waals surface area contributed by atoms with Crippen LogP contribution in [0, 0.1) is 0 Å². The second-order valence-electron chi connectivity index (χ2n) is 5.62. The van der Waals surface area contributed by atoms with Crippen LogP contribution >= 0.6 is 0 Å². The highest BCUT2D eigenvalue weighted by Crippen LogP contribution is 2.31. The highest BCUT2D eigenvalue weighted by atomic mass is 32.2. The molecule has 1 aromatic carbocycles. The Labute approximate surface area is 126 Å². The normalized spacial score (nSPS) is 12.2. The smallest absolute Gasteiger partial charge is 0.166 e. The minimum absolute atomic E-state index is 0.0245. The summed E-state index contributed by atoms with van der Waals surface area (Å²) >= 11 is 0. The molecule has 0 radical (unpaired) electrons. The van der Waals surface area contributed by atoms with Gasteiger partial charge in [0, 0.05) is 5.56 Å². The number of aliphatic hydroxyl groups excluding tert-OH is 1. The standard InChI is InChI=1S/C15H24O5S/c1-5-19-13-8-6-7-12(11-16)14(13)20-9-10-21(17,18)15(2,3)4/h6-8,16H,5,9-11H2,1-4H3. The molecule has 0 aliphatic rings. The minimum atomic E-state index is -3.24. The molecule has 1 aromatic rings. The zero-order chi connectivity index (χ0) is 16.1. The van der Waals surface area contributed by atoms with Crippen LogP contribution in [0.4, 0.5) is 0 Å². The molecule has 0 fully saturated rings. The topological polar surface area (TPSA) is 72.8 Å². The maximum absolute atomic E-state index is 12.0. The Kier molecular flexibility index (Phi) is 6.04. The van der Waals surface area contributed by atoms with Gasteiger partial charge in [-0.05, 0) is 33.8 Å². The van der Waals surface area contributed by atoms with Crippen LogP contribution < -0.4 is 9.47 Å². The van der Waals surface area contributed by atoms with Crippen molar-refractivity contribution in [2.45, 2.75) is 39.0 Å². The lowest BCUT2D eigenvalue weighted by atomic mass is 10.2. The van der Waals surface area contributed by atoms with E-state index in [2.05, 4.69) is 0 Å². The summed E-state index contributed by atoms with van der Waals surface area (Å²) in [5.41, 5.74) is 0.578. The Morgan fingerprint density at radius 1 is 1.19 bits per heavy atom. The van der Waals surface area contributed by atoms with E-state index >= 15 is 0 Å². The number of aliphatic hydroxyl groups is 1. The minimum Gasteiger partial charge on any atom is -0.490 e. The number of ether oxygens (including phenoxy) is 2. The number of hydrogen-bond donors (Lipinski definition) is 1. The predicted molar refractivity (Wildman–Crippen MR) is 82.6 cm³/mol. The molecule has 0 amide bonds. The lowest BCUT2D eigenvalue weighted by Crippen LogP contribution is -2.32. The monoisotopic (exact) mass is 316 g/mol. The van der Waals surface area contributed by atoms with Gasteiger partial charge in [-0.2, -0.15) is 0 Å². The Bertz CT molecular complexity index is 558. The van der Waals surface area contributed by atoms with Crippen molar-refractivity contribution in [2.75, 3.05) is 19.0 Å². The molecular weight excluding hydrogens is 292 g/mol. The fraction of sp³-hybridized carbons (Fsp3) is 0.600. The van der Waals surface area contributed by atoms with E-state index in [1.807, 2.05) is 6.92 Å². The first-order valence-electron chi connectivity index (χ1n) is 6.93. The van der Waals surface area contributed by atoms with Gasteiger partial charge >= 0.3 is 0 Å². The van der Waals surface area contributed by atoms with Gasteiger partial charge < -0.3 is 14.6 Å². The van der Waals surface area contributed by atoms with Crippen molar-refractivity contribution in [3.63, 3.8) is 0 Å². The van der Waals surface area contributed by atoms with E-state index in [1.54, 1.807) is 39.0 Å².